The summed E-state index contributed by atoms with van der Waals surface area (Å²) in [6.45, 7) is 5.41. The van der Waals surface area contributed by atoms with Gasteiger partial charge in [-0.1, -0.05) is 0 Å². The third-order valence-corrected chi connectivity index (χ3v) is 1.54. The Morgan fingerprint density at radius 3 is 2.43 bits per heavy atom. The molecule has 0 aliphatic heterocycles. The molecule has 1 rings (SSSR count). The molecule has 1 aromatic rings. The second-order valence-corrected chi connectivity index (χ2v) is 3.52. The van der Waals surface area contributed by atoms with Gasteiger partial charge in [0.05, 0.1) is 18.4 Å². The summed E-state index contributed by atoms with van der Waals surface area (Å²) in [4.78, 5) is 4.02. The van der Waals surface area contributed by atoms with Gasteiger partial charge < -0.3 is 4.74 Å². The second-order valence-electron chi connectivity index (χ2n) is 2.71. The van der Waals surface area contributed by atoms with E-state index in [4.69, 9.17) is 10.00 Å². The largest absolute Gasteiger partial charge is 0.489 e. The smallest absolute Gasteiger partial charge is 0.138 e. The highest BCUT2D eigenvalue weighted by Crippen LogP contribution is 2.13. The van der Waals surface area contributed by atoms with Crippen LogP contribution in [0.4, 0.5) is 0 Å². The molecule has 0 spiro atoms. The zero-order chi connectivity index (χ0) is 11.0. The first-order valence-electron chi connectivity index (χ1n) is 4.19. The average Bonchev–Trinajstić information content (AvgIpc) is 2.09. The van der Waals surface area contributed by atoms with Crippen LogP contribution in [0.3, 0.4) is 0 Å². The van der Waals surface area contributed by atoms with E-state index in [0.29, 0.717) is 0 Å². The molecule has 0 aliphatic rings. The molecule has 0 saturated carbocycles. The Balaban J connectivity index is 0.000000500. The van der Waals surface area contributed by atoms with E-state index in [1.165, 1.54) is 6.92 Å². The number of hydrogen-bond donors (Lipinski definition) is 0. The van der Waals surface area contributed by atoms with Crippen LogP contribution in [0.5, 0.6) is 5.75 Å². The lowest BCUT2D eigenvalue weighted by Gasteiger charge is -2.07. The fourth-order valence-electron chi connectivity index (χ4n) is 0.704. The number of nitriles is 1. The Kier molecular flexibility index (Phi) is 6.77. The van der Waals surface area contributed by atoms with Gasteiger partial charge in [-0.25, -0.2) is 4.98 Å². The minimum absolute atomic E-state index is 0.206. The van der Waals surface area contributed by atoms with E-state index < -0.39 is 0 Å². The molecule has 0 fully saturated rings. The summed E-state index contributed by atoms with van der Waals surface area (Å²) in [6.07, 6.45) is 1.90. The SMILES string of the molecule is CC#N.CC(C)Oc1ccc(Br)nc1. The number of hydrogen-bond acceptors (Lipinski definition) is 3. The van der Waals surface area contributed by atoms with E-state index in [1.54, 1.807) is 12.3 Å². The van der Waals surface area contributed by atoms with Gasteiger partial charge in [-0.15, -0.1) is 0 Å². The number of ether oxygens (including phenoxy) is 1. The molecule has 0 unspecified atom stereocenters. The molecule has 0 N–H and O–H groups in total. The Morgan fingerprint density at radius 1 is 1.50 bits per heavy atom. The number of pyridine rings is 1. The monoisotopic (exact) mass is 256 g/mol. The van der Waals surface area contributed by atoms with Crippen LogP contribution in [0.1, 0.15) is 20.8 Å². The summed E-state index contributed by atoms with van der Waals surface area (Å²) in [6, 6.07) is 5.49. The Hall–Kier alpha value is -1.08. The molecule has 0 aliphatic carbocycles. The van der Waals surface area contributed by atoms with Crippen molar-refractivity contribution in [1.82, 2.24) is 4.98 Å². The zero-order valence-electron chi connectivity index (χ0n) is 8.49. The quantitative estimate of drug-likeness (QED) is 0.764. The van der Waals surface area contributed by atoms with Gasteiger partial charge >= 0.3 is 0 Å². The summed E-state index contributed by atoms with van der Waals surface area (Å²) in [5.74, 6) is 0.809. The summed E-state index contributed by atoms with van der Waals surface area (Å²) in [7, 11) is 0. The lowest BCUT2D eigenvalue weighted by atomic mass is 10.4. The van der Waals surface area contributed by atoms with E-state index in [0.717, 1.165) is 10.4 Å². The maximum absolute atomic E-state index is 7.32. The molecule has 0 aromatic carbocycles. The summed E-state index contributed by atoms with van der Waals surface area (Å²) in [5.41, 5.74) is 0. The van der Waals surface area contributed by atoms with Crippen LogP contribution in [-0.4, -0.2) is 11.1 Å². The van der Waals surface area contributed by atoms with Crippen molar-refractivity contribution in [3.63, 3.8) is 0 Å². The van der Waals surface area contributed by atoms with Crippen molar-refractivity contribution in [1.29, 1.82) is 5.26 Å². The van der Waals surface area contributed by atoms with Crippen molar-refractivity contribution in [3.8, 4) is 11.8 Å². The maximum atomic E-state index is 7.32. The lowest BCUT2D eigenvalue weighted by molar-refractivity contribution is 0.241. The Bertz CT molecular complexity index is 290. The van der Waals surface area contributed by atoms with Crippen LogP contribution in [0.25, 0.3) is 0 Å². The molecule has 0 saturated heterocycles. The first-order chi connectivity index (χ1) is 6.60. The van der Waals surface area contributed by atoms with Gasteiger partial charge in [0, 0.05) is 6.92 Å². The van der Waals surface area contributed by atoms with Gasteiger partial charge in [-0.05, 0) is 41.9 Å². The van der Waals surface area contributed by atoms with Crippen molar-refractivity contribution in [3.05, 3.63) is 22.9 Å². The van der Waals surface area contributed by atoms with Gasteiger partial charge in [0.1, 0.15) is 10.4 Å². The van der Waals surface area contributed by atoms with E-state index >= 15 is 0 Å². The van der Waals surface area contributed by atoms with Crippen LogP contribution in [0.2, 0.25) is 0 Å². The summed E-state index contributed by atoms with van der Waals surface area (Å²) in [5, 5.41) is 7.32. The summed E-state index contributed by atoms with van der Waals surface area (Å²) < 4.78 is 6.21. The van der Waals surface area contributed by atoms with Gasteiger partial charge in [0.15, 0.2) is 0 Å². The Morgan fingerprint density at radius 2 is 2.07 bits per heavy atom. The van der Waals surface area contributed by atoms with E-state index in [1.807, 2.05) is 26.0 Å². The van der Waals surface area contributed by atoms with E-state index in [9.17, 15) is 0 Å². The van der Waals surface area contributed by atoms with Crippen molar-refractivity contribution in [2.75, 3.05) is 0 Å². The molecule has 14 heavy (non-hydrogen) atoms. The van der Waals surface area contributed by atoms with Crippen LogP contribution < -0.4 is 4.74 Å². The molecule has 76 valence electrons. The fourth-order valence-corrected chi connectivity index (χ4v) is 0.939. The molecular formula is C10H13BrN2O. The zero-order valence-corrected chi connectivity index (χ0v) is 10.1. The molecule has 3 nitrogen and oxygen atoms in total. The number of nitrogens with zero attached hydrogens (tertiary/aromatic N) is 2. The predicted molar refractivity (Wildman–Crippen MR) is 59.0 cm³/mol. The fraction of sp³-hybridized carbons (Fsp3) is 0.400. The normalized spacial score (nSPS) is 8.57. The van der Waals surface area contributed by atoms with Crippen LogP contribution in [0, 0.1) is 11.3 Å². The molecule has 1 heterocycles. The number of halogens is 1. The lowest BCUT2D eigenvalue weighted by Crippen LogP contribution is -2.05. The van der Waals surface area contributed by atoms with Crippen molar-refractivity contribution in [2.45, 2.75) is 26.9 Å². The third kappa shape index (κ3) is 6.44. The van der Waals surface area contributed by atoms with E-state index in [2.05, 4.69) is 20.9 Å². The number of aromatic nitrogens is 1. The highest BCUT2D eigenvalue weighted by molar-refractivity contribution is 9.10. The highest BCUT2D eigenvalue weighted by atomic mass is 79.9. The van der Waals surface area contributed by atoms with Crippen LogP contribution in [0.15, 0.2) is 22.9 Å². The standard InChI is InChI=1S/C8H10BrNO.C2H3N/c1-6(2)11-7-3-4-8(9)10-5-7;1-2-3/h3-6H,1-2H3;1H3. The first kappa shape index (κ1) is 12.9. The summed E-state index contributed by atoms with van der Waals surface area (Å²) >= 11 is 3.24. The second kappa shape index (κ2) is 7.34. The molecule has 0 amide bonds. The molecule has 4 heteroatoms. The van der Waals surface area contributed by atoms with Gasteiger partial charge in [0.2, 0.25) is 0 Å². The van der Waals surface area contributed by atoms with Gasteiger partial charge in [-0.2, -0.15) is 5.26 Å². The number of rotatable bonds is 2. The molecule has 0 bridgehead atoms. The predicted octanol–water partition coefficient (Wildman–Crippen LogP) is 3.16. The molecular weight excluding hydrogens is 244 g/mol. The van der Waals surface area contributed by atoms with E-state index in [-0.39, 0.29) is 6.10 Å². The van der Waals surface area contributed by atoms with Crippen LogP contribution >= 0.6 is 15.9 Å². The minimum Gasteiger partial charge on any atom is -0.489 e. The van der Waals surface area contributed by atoms with Crippen molar-refractivity contribution < 1.29 is 4.74 Å². The Labute approximate surface area is 92.9 Å². The van der Waals surface area contributed by atoms with Crippen molar-refractivity contribution >= 4 is 15.9 Å². The maximum Gasteiger partial charge on any atom is 0.138 e. The first-order valence-corrected chi connectivity index (χ1v) is 4.98. The molecule has 0 atom stereocenters. The minimum atomic E-state index is 0.206. The third-order valence-electron chi connectivity index (χ3n) is 1.07. The van der Waals surface area contributed by atoms with Crippen LogP contribution in [-0.2, 0) is 0 Å². The molecule has 0 radical (unpaired) electrons. The average molecular weight is 257 g/mol. The van der Waals surface area contributed by atoms with Gasteiger partial charge in [-0.3, -0.25) is 0 Å². The topological polar surface area (TPSA) is 45.9 Å². The highest BCUT2D eigenvalue weighted by Gasteiger charge is 1.96. The van der Waals surface area contributed by atoms with Crippen molar-refractivity contribution in [2.24, 2.45) is 0 Å². The van der Waals surface area contributed by atoms with Gasteiger partial charge in [0.25, 0.3) is 0 Å². The molecule has 1 aromatic heterocycles.